The van der Waals surface area contributed by atoms with Gasteiger partial charge in [0, 0.05) is 6.08 Å². The first kappa shape index (κ1) is 11.1. The number of hydrogen-bond acceptors (Lipinski definition) is 1. The van der Waals surface area contributed by atoms with E-state index in [1.807, 2.05) is 36.4 Å². The fourth-order valence-electron chi connectivity index (χ4n) is 1.65. The van der Waals surface area contributed by atoms with Crippen LogP contribution in [0.1, 0.15) is 11.1 Å². The van der Waals surface area contributed by atoms with E-state index in [0.717, 1.165) is 16.7 Å². The lowest BCUT2D eigenvalue weighted by atomic mass is 9.98. The standard InChI is InChI=1S/C15H10FN/c16-14-8-6-13(7-9-14)15(10-11-17)12-4-2-1-3-5-12/h1-10H. The molecule has 1 nitrogen and oxygen atoms in total. The highest BCUT2D eigenvalue weighted by Crippen LogP contribution is 2.23. The number of benzene rings is 2. The first-order chi connectivity index (χ1) is 8.31. The van der Waals surface area contributed by atoms with Gasteiger partial charge in [0.15, 0.2) is 0 Å². The lowest BCUT2D eigenvalue weighted by molar-refractivity contribution is 0.627. The van der Waals surface area contributed by atoms with Gasteiger partial charge in [-0.2, -0.15) is 5.26 Å². The van der Waals surface area contributed by atoms with Crippen molar-refractivity contribution in [1.82, 2.24) is 0 Å². The van der Waals surface area contributed by atoms with Crippen LogP contribution in [0.25, 0.3) is 5.57 Å². The summed E-state index contributed by atoms with van der Waals surface area (Å²) in [4.78, 5) is 0. The molecule has 2 heteroatoms. The molecular weight excluding hydrogens is 213 g/mol. The van der Waals surface area contributed by atoms with Crippen molar-refractivity contribution in [3.8, 4) is 6.07 Å². The number of hydrogen-bond donors (Lipinski definition) is 0. The molecule has 0 aromatic heterocycles. The molecule has 0 aliphatic carbocycles. The highest BCUT2D eigenvalue weighted by molar-refractivity contribution is 5.81. The third kappa shape index (κ3) is 2.59. The molecule has 82 valence electrons. The maximum Gasteiger partial charge on any atom is 0.123 e. The lowest BCUT2D eigenvalue weighted by Crippen LogP contribution is -1.87. The SMILES string of the molecule is N#CC=C(c1ccccc1)c1ccc(F)cc1. The van der Waals surface area contributed by atoms with Crippen molar-refractivity contribution in [1.29, 1.82) is 5.26 Å². The van der Waals surface area contributed by atoms with Crippen LogP contribution in [0.2, 0.25) is 0 Å². The minimum absolute atomic E-state index is 0.280. The molecule has 0 saturated heterocycles. The van der Waals surface area contributed by atoms with E-state index >= 15 is 0 Å². The zero-order valence-corrected chi connectivity index (χ0v) is 9.10. The van der Waals surface area contributed by atoms with Crippen LogP contribution < -0.4 is 0 Å². The molecule has 0 spiro atoms. The van der Waals surface area contributed by atoms with Crippen LogP contribution in [-0.4, -0.2) is 0 Å². The summed E-state index contributed by atoms with van der Waals surface area (Å²) in [5, 5.41) is 8.81. The average Bonchev–Trinajstić information content (AvgIpc) is 2.38. The van der Waals surface area contributed by atoms with E-state index < -0.39 is 0 Å². The van der Waals surface area contributed by atoms with Gasteiger partial charge in [-0.1, -0.05) is 42.5 Å². The Morgan fingerprint density at radius 1 is 0.941 bits per heavy atom. The number of rotatable bonds is 2. The van der Waals surface area contributed by atoms with Crippen LogP contribution in [0.3, 0.4) is 0 Å². The Balaban J connectivity index is 2.48. The Kier molecular flexibility index (Phi) is 3.32. The molecule has 2 rings (SSSR count). The average molecular weight is 223 g/mol. The largest absolute Gasteiger partial charge is 0.207 e. The fourth-order valence-corrected chi connectivity index (χ4v) is 1.65. The first-order valence-electron chi connectivity index (χ1n) is 5.22. The first-order valence-corrected chi connectivity index (χ1v) is 5.22. The van der Waals surface area contributed by atoms with Gasteiger partial charge in [0.2, 0.25) is 0 Å². The number of halogens is 1. The van der Waals surface area contributed by atoms with Crippen molar-refractivity contribution in [2.45, 2.75) is 0 Å². The quantitative estimate of drug-likeness (QED) is 0.711. The third-order valence-electron chi connectivity index (χ3n) is 2.45. The van der Waals surface area contributed by atoms with Gasteiger partial charge >= 0.3 is 0 Å². The van der Waals surface area contributed by atoms with E-state index in [1.54, 1.807) is 12.1 Å². The molecule has 0 fully saturated rings. The molecule has 17 heavy (non-hydrogen) atoms. The van der Waals surface area contributed by atoms with Crippen molar-refractivity contribution in [3.63, 3.8) is 0 Å². The van der Waals surface area contributed by atoms with Gasteiger partial charge in [-0.15, -0.1) is 0 Å². The lowest BCUT2D eigenvalue weighted by Gasteiger charge is -2.06. The van der Waals surface area contributed by atoms with Crippen molar-refractivity contribution in [2.75, 3.05) is 0 Å². The summed E-state index contributed by atoms with van der Waals surface area (Å²) in [6.45, 7) is 0. The van der Waals surface area contributed by atoms with E-state index in [4.69, 9.17) is 5.26 Å². The van der Waals surface area contributed by atoms with E-state index in [-0.39, 0.29) is 5.82 Å². The van der Waals surface area contributed by atoms with E-state index in [0.29, 0.717) is 0 Å². The number of nitrogens with zero attached hydrogens (tertiary/aromatic N) is 1. The summed E-state index contributed by atoms with van der Waals surface area (Å²) in [5.41, 5.74) is 2.58. The second-order valence-electron chi connectivity index (χ2n) is 3.56. The van der Waals surface area contributed by atoms with Crippen LogP contribution in [0.15, 0.2) is 60.7 Å². The van der Waals surface area contributed by atoms with Crippen molar-refractivity contribution < 1.29 is 4.39 Å². The van der Waals surface area contributed by atoms with Crippen LogP contribution in [0.4, 0.5) is 4.39 Å². The third-order valence-corrected chi connectivity index (χ3v) is 2.45. The number of allylic oxidation sites excluding steroid dienone is 1. The molecule has 0 heterocycles. The van der Waals surface area contributed by atoms with Crippen molar-refractivity contribution >= 4 is 5.57 Å². The van der Waals surface area contributed by atoms with Crippen LogP contribution >= 0.6 is 0 Å². The Morgan fingerprint density at radius 2 is 1.53 bits per heavy atom. The zero-order valence-electron chi connectivity index (χ0n) is 9.10. The number of nitriles is 1. The molecule has 0 bridgehead atoms. The normalized spacial score (nSPS) is 10.9. The van der Waals surface area contributed by atoms with Crippen LogP contribution in [-0.2, 0) is 0 Å². The maximum atomic E-state index is 12.9. The summed E-state index contributed by atoms with van der Waals surface area (Å²) < 4.78 is 12.9. The molecule has 0 saturated carbocycles. The maximum absolute atomic E-state index is 12.9. The van der Waals surface area contributed by atoms with Gasteiger partial charge in [-0.3, -0.25) is 0 Å². The Morgan fingerprint density at radius 3 is 2.12 bits per heavy atom. The summed E-state index contributed by atoms with van der Waals surface area (Å²) in [6, 6.07) is 17.7. The summed E-state index contributed by atoms with van der Waals surface area (Å²) in [5.74, 6) is -0.280. The minimum Gasteiger partial charge on any atom is -0.207 e. The van der Waals surface area contributed by atoms with Gasteiger partial charge < -0.3 is 0 Å². The Hall–Kier alpha value is -2.40. The molecule has 0 amide bonds. The van der Waals surface area contributed by atoms with Crippen molar-refractivity contribution in [2.24, 2.45) is 0 Å². The van der Waals surface area contributed by atoms with Gasteiger partial charge in [0.05, 0.1) is 6.07 Å². The molecule has 0 aliphatic heterocycles. The molecule has 2 aromatic carbocycles. The van der Waals surface area contributed by atoms with E-state index in [9.17, 15) is 4.39 Å². The molecular formula is C15H10FN. The highest BCUT2D eigenvalue weighted by atomic mass is 19.1. The Labute approximate surface area is 99.5 Å². The Bertz CT molecular complexity index is 562. The van der Waals surface area contributed by atoms with Crippen LogP contribution in [0, 0.1) is 17.1 Å². The second-order valence-corrected chi connectivity index (χ2v) is 3.56. The predicted molar refractivity (Wildman–Crippen MR) is 65.5 cm³/mol. The van der Waals surface area contributed by atoms with Gasteiger partial charge in [0.25, 0.3) is 0 Å². The molecule has 2 aromatic rings. The smallest absolute Gasteiger partial charge is 0.123 e. The minimum atomic E-state index is -0.280. The summed E-state index contributed by atoms with van der Waals surface area (Å²) in [7, 11) is 0. The molecule has 0 unspecified atom stereocenters. The summed E-state index contributed by atoms with van der Waals surface area (Å²) >= 11 is 0. The van der Waals surface area contributed by atoms with E-state index in [2.05, 4.69) is 0 Å². The predicted octanol–water partition coefficient (Wildman–Crippen LogP) is 3.78. The molecule has 0 radical (unpaired) electrons. The van der Waals surface area contributed by atoms with Gasteiger partial charge in [-0.25, -0.2) is 4.39 Å². The van der Waals surface area contributed by atoms with Crippen LogP contribution in [0.5, 0.6) is 0 Å². The highest BCUT2D eigenvalue weighted by Gasteiger charge is 2.04. The van der Waals surface area contributed by atoms with Gasteiger partial charge in [0.1, 0.15) is 5.82 Å². The topological polar surface area (TPSA) is 23.8 Å². The van der Waals surface area contributed by atoms with Crippen molar-refractivity contribution in [3.05, 3.63) is 77.6 Å². The van der Waals surface area contributed by atoms with E-state index in [1.165, 1.54) is 18.2 Å². The fraction of sp³-hybridized carbons (Fsp3) is 0. The van der Waals surface area contributed by atoms with Gasteiger partial charge in [-0.05, 0) is 28.8 Å². The summed E-state index contributed by atoms with van der Waals surface area (Å²) in [6.07, 6.45) is 1.47. The molecule has 0 atom stereocenters. The molecule has 0 N–H and O–H groups in total. The monoisotopic (exact) mass is 223 g/mol. The zero-order chi connectivity index (χ0) is 12.1. The molecule has 0 aliphatic rings. The second kappa shape index (κ2) is 5.09.